The normalized spacial score (nSPS) is 18.2. The number of hydrogen-bond donors (Lipinski definition) is 1. The Bertz CT molecular complexity index is 366. The van der Waals surface area contributed by atoms with Crippen LogP contribution in [0.4, 0.5) is 0 Å². The highest BCUT2D eigenvalue weighted by atomic mass is 32.2. The SMILES string of the molecule is CC(CO)(CS(C)(=O)=O)S(C)(=O)=O. The molecule has 0 amide bonds. The average molecular weight is 230 g/mol. The van der Waals surface area contributed by atoms with Crippen LogP contribution >= 0.6 is 0 Å². The monoisotopic (exact) mass is 230 g/mol. The molecule has 0 rings (SSSR count). The quantitative estimate of drug-likeness (QED) is 0.657. The van der Waals surface area contributed by atoms with Gasteiger partial charge in [-0.05, 0) is 6.92 Å². The van der Waals surface area contributed by atoms with Crippen LogP contribution in [-0.4, -0.2) is 51.6 Å². The molecule has 1 atom stereocenters. The Morgan fingerprint density at radius 3 is 1.62 bits per heavy atom. The summed E-state index contributed by atoms with van der Waals surface area (Å²) in [5.41, 5.74) is 0. The van der Waals surface area contributed by atoms with Crippen molar-refractivity contribution in [3.8, 4) is 0 Å². The van der Waals surface area contributed by atoms with Crippen molar-refractivity contribution in [1.29, 1.82) is 0 Å². The van der Waals surface area contributed by atoms with Crippen LogP contribution in [0.3, 0.4) is 0 Å². The second-order valence-corrected chi connectivity index (χ2v) is 8.12. The van der Waals surface area contributed by atoms with Gasteiger partial charge in [0.15, 0.2) is 9.84 Å². The smallest absolute Gasteiger partial charge is 0.156 e. The standard InChI is InChI=1S/C6H14O5S2/c1-6(4-7,13(3,10)11)5-12(2,8)9/h7H,4-5H2,1-3H3. The fraction of sp³-hybridized carbons (Fsp3) is 1.00. The first-order valence-electron chi connectivity index (χ1n) is 3.50. The van der Waals surface area contributed by atoms with E-state index >= 15 is 0 Å². The lowest BCUT2D eigenvalue weighted by Crippen LogP contribution is -2.44. The van der Waals surface area contributed by atoms with Crippen molar-refractivity contribution in [3.63, 3.8) is 0 Å². The summed E-state index contributed by atoms with van der Waals surface area (Å²) in [4.78, 5) is 0. The van der Waals surface area contributed by atoms with E-state index in [0.29, 0.717) is 0 Å². The summed E-state index contributed by atoms with van der Waals surface area (Å²) in [5.74, 6) is -0.560. The van der Waals surface area contributed by atoms with Crippen LogP contribution in [-0.2, 0) is 19.7 Å². The van der Waals surface area contributed by atoms with Crippen LogP contribution in [0.1, 0.15) is 6.92 Å². The van der Waals surface area contributed by atoms with Gasteiger partial charge in [-0.2, -0.15) is 0 Å². The highest BCUT2D eigenvalue weighted by molar-refractivity contribution is 7.95. The zero-order chi connectivity index (χ0) is 10.9. The molecule has 0 radical (unpaired) electrons. The zero-order valence-electron chi connectivity index (χ0n) is 7.81. The van der Waals surface area contributed by atoms with Gasteiger partial charge in [-0.15, -0.1) is 0 Å². The predicted octanol–water partition coefficient (Wildman–Crippen LogP) is -1.17. The summed E-state index contributed by atoms with van der Waals surface area (Å²) in [6, 6.07) is 0. The molecular formula is C6H14O5S2. The molecule has 0 aromatic heterocycles. The van der Waals surface area contributed by atoms with Crippen molar-refractivity contribution in [1.82, 2.24) is 0 Å². The number of sulfone groups is 2. The van der Waals surface area contributed by atoms with Crippen LogP contribution in [0, 0.1) is 0 Å². The third-order valence-corrected chi connectivity index (χ3v) is 5.21. The van der Waals surface area contributed by atoms with Gasteiger partial charge in [0.1, 0.15) is 14.6 Å². The van der Waals surface area contributed by atoms with E-state index in [1.165, 1.54) is 6.92 Å². The molecule has 0 spiro atoms. The van der Waals surface area contributed by atoms with Gasteiger partial charge in [0.05, 0.1) is 12.4 Å². The molecule has 0 aromatic carbocycles. The van der Waals surface area contributed by atoms with Gasteiger partial charge in [0.2, 0.25) is 0 Å². The summed E-state index contributed by atoms with van der Waals surface area (Å²) < 4.78 is 42.4. The van der Waals surface area contributed by atoms with E-state index in [2.05, 4.69) is 0 Å². The first-order valence-corrected chi connectivity index (χ1v) is 7.45. The van der Waals surface area contributed by atoms with E-state index in [-0.39, 0.29) is 0 Å². The second kappa shape index (κ2) is 3.55. The van der Waals surface area contributed by atoms with Gasteiger partial charge in [0.25, 0.3) is 0 Å². The maximum absolute atomic E-state index is 11.1. The van der Waals surface area contributed by atoms with Crippen molar-refractivity contribution in [2.75, 3.05) is 24.9 Å². The molecule has 80 valence electrons. The third-order valence-electron chi connectivity index (χ3n) is 1.80. The molecule has 1 N–H and O–H groups in total. The Labute approximate surface area is 78.6 Å². The minimum atomic E-state index is -3.58. The van der Waals surface area contributed by atoms with Gasteiger partial charge < -0.3 is 5.11 Å². The van der Waals surface area contributed by atoms with Gasteiger partial charge in [-0.1, -0.05) is 0 Å². The zero-order valence-corrected chi connectivity index (χ0v) is 9.44. The van der Waals surface area contributed by atoms with E-state index < -0.39 is 36.8 Å². The summed E-state index contributed by atoms with van der Waals surface area (Å²) in [7, 11) is -6.99. The Kier molecular flexibility index (Phi) is 3.51. The van der Waals surface area contributed by atoms with E-state index in [9.17, 15) is 16.8 Å². The van der Waals surface area contributed by atoms with Crippen molar-refractivity contribution in [2.45, 2.75) is 11.7 Å². The van der Waals surface area contributed by atoms with Crippen LogP contribution in [0.5, 0.6) is 0 Å². The molecule has 1 unspecified atom stereocenters. The first-order chi connectivity index (χ1) is 5.52. The number of aliphatic hydroxyl groups excluding tert-OH is 1. The summed E-state index contributed by atoms with van der Waals surface area (Å²) in [5, 5.41) is 8.84. The molecule has 7 heteroatoms. The van der Waals surface area contributed by atoms with E-state index in [1.807, 2.05) is 0 Å². The Balaban J connectivity index is 5.12. The van der Waals surface area contributed by atoms with Crippen molar-refractivity contribution >= 4 is 19.7 Å². The highest BCUT2D eigenvalue weighted by Gasteiger charge is 2.38. The minimum Gasteiger partial charge on any atom is -0.395 e. The lowest BCUT2D eigenvalue weighted by molar-refractivity contribution is 0.259. The van der Waals surface area contributed by atoms with Crippen molar-refractivity contribution < 1.29 is 21.9 Å². The number of rotatable bonds is 4. The molecule has 0 aliphatic heterocycles. The lowest BCUT2D eigenvalue weighted by Gasteiger charge is -2.23. The van der Waals surface area contributed by atoms with Gasteiger partial charge in [-0.25, -0.2) is 16.8 Å². The lowest BCUT2D eigenvalue weighted by atomic mass is 10.2. The topological polar surface area (TPSA) is 88.5 Å². The number of hydrogen-bond acceptors (Lipinski definition) is 5. The van der Waals surface area contributed by atoms with E-state index in [4.69, 9.17) is 5.11 Å². The number of aliphatic hydroxyl groups is 1. The van der Waals surface area contributed by atoms with E-state index in [0.717, 1.165) is 12.5 Å². The van der Waals surface area contributed by atoms with Crippen molar-refractivity contribution in [3.05, 3.63) is 0 Å². The van der Waals surface area contributed by atoms with Crippen LogP contribution in [0.15, 0.2) is 0 Å². The first kappa shape index (κ1) is 12.9. The summed E-state index contributed by atoms with van der Waals surface area (Å²) in [6.45, 7) is 0.516. The second-order valence-electron chi connectivity index (χ2n) is 3.45. The maximum atomic E-state index is 11.1. The maximum Gasteiger partial charge on any atom is 0.156 e. The molecule has 0 bridgehead atoms. The van der Waals surface area contributed by atoms with Crippen molar-refractivity contribution in [2.24, 2.45) is 0 Å². The molecule has 0 heterocycles. The fourth-order valence-corrected chi connectivity index (χ4v) is 3.76. The summed E-state index contributed by atoms with van der Waals surface area (Å²) in [6.07, 6.45) is 1.85. The molecule has 0 fully saturated rings. The van der Waals surface area contributed by atoms with E-state index in [1.54, 1.807) is 0 Å². The fourth-order valence-electron chi connectivity index (χ4n) is 0.825. The largest absolute Gasteiger partial charge is 0.395 e. The molecule has 5 nitrogen and oxygen atoms in total. The Morgan fingerprint density at radius 1 is 1.15 bits per heavy atom. The van der Waals surface area contributed by atoms with Crippen LogP contribution in [0.25, 0.3) is 0 Å². The van der Waals surface area contributed by atoms with Gasteiger partial charge >= 0.3 is 0 Å². The Morgan fingerprint density at radius 2 is 1.54 bits per heavy atom. The molecular weight excluding hydrogens is 216 g/mol. The van der Waals surface area contributed by atoms with Gasteiger partial charge in [0, 0.05) is 12.5 Å². The molecule has 0 aliphatic carbocycles. The minimum absolute atomic E-state index is 0.560. The molecule has 0 aliphatic rings. The van der Waals surface area contributed by atoms with Crippen LogP contribution in [0.2, 0.25) is 0 Å². The highest BCUT2D eigenvalue weighted by Crippen LogP contribution is 2.17. The average Bonchev–Trinajstić information content (AvgIpc) is 1.81. The molecule has 0 saturated carbocycles. The Hall–Kier alpha value is -0.140. The molecule has 0 aromatic rings. The summed E-state index contributed by atoms with van der Waals surface area (Å²) >= 11 is 0. The van der Waals surface area contributed by atoms with Crippen LogP contribution < -0.4 is 0 Å². The molecule has 0 saturated heterocycles. The molecule has 13 heavy (non-hydrogen) atoms. The third kappa shape index (κ3) is 3.61. The predicted molar refractivity (Wildman–Crippen MR) is 50.0 cm³/mol. The van der Waals surface area contributed by atoms with Gasteiger partial charge in [-0.3, -0.25) is 0 Å².